The molecule has 9 heteroatoms. The third-order valence-electron chi connectivity index (χ3n) is 2.89. The fourth-order valence-corrected chi connectivity index (χ4v) is 3.37. The molecule has 0 N–H and O–H groups in total. The molecule has 23 heavy (non-hydrogen) atoms. The van der Waals surface area contributed by atoms with E-state index in [1.165, 1.54) is 17.0 Å². The normalized spacial score (nSPS) is 11.3. The Balaban J connectivity index is 0.000000338. The Labute approximate surface area is 147 Å². The van der Waals surface area contributed by atoms with E-state index in [4.69, 9.17) is 18.6 Å². The second kappa shape index (κ2) is 7.18. The molecule has 0 amide bonds. The van der Waals surface area contributed by atoms with Crippen LogP contribution in [0.4, 0.5) is 0 Å². The molecule has 1 aromatic carbocycles. The number of aromatic nitrogens is 2. The van der Waals surface area contributed by atoms with Crippen LogP contribution in [0.5, 0.6) is 0 Å². The summed E-state index contributed by atoms with van der Waals surface area (Å²) in [7, 11) is -4.94. The zero-order valence-electron chi connectivity index (χ0n) is 12.2. The maximum atomic E-state index is 8.49. The van der Waals surface area contributed by atoms with Crippen LogP contribution in [0.3, 0.4) is 0 Å². The first-order valence-electron chi connectivity index (χ1n) is 6.30. The molecule has 0 aliphatic carbocycles. The van der Waals surface area contributed by atoms with Crippen molar-refractivity contribution in [2.75, 3.05) is 0 Å². The maximum Gasteiger partial charge on any atom is 0.387 e. The quantitative estimate of drug-likeness (QED) is 0.478. The molecule has 0 fully saturated rings. The molecule has 0 aliphatic heterocycles. The molecule has 0 atom stereocenters. The average Bonchev–Trinajstić information content (AvgIpc) is 2.81. The highest BCUT2D eigenvalue weighted by atomic mass is 79.9. The van der Waals surface area contributed by atoms with Crippen molar-refractivity contribution in [2.45, 2.75) is 13.8 Å². The van der Waals surface area contributed by atoms with Gasteiger partial charge in [-0.15, -0.1) is 10.2 Å². The second-order valence-electron chi connectivity index (χ2n) is 4.66. The van der Waals surface area contributed by atoms with Gasteiger partial charge >= 0.3 is 4.96 Å². The molecule has 0 spiro atoms. The van der Waals surface area contributed by atoms with Crippen molar-refractivity contribution < 1.29 is 33.3 Å². The van der Waals surface area contributed by atoms with E-state index in [2.05, 4.69) is 68.0 Å². The van der Waals surface area contributed by atoms with Crippen molar-refractivity contribution in [3.63, 3.8) is 0 Å². The van der Waals surface area contributed by atoms with Crippen LogP contribution < -0.4 is 23.0 Å². The third kappa shape index (κ3) is 5.18. The minimum atomic E-state index is -4.94. The van der Waals surface area contributed by atoms with Gasteiger partial charge in [-0.2, -0.15) is 4.40 Å². The minimum absolute atomic E-state index is 1.05. The summed E-state index contributed by atoms with van der Waals surface area (Å²) in [6.45, 7) is 4.16. The summed E-state index contributed by atoms with van der Waals surface area (Å²) in [4.78, 5) is 5.62. The number of hydrogen-bond donors (Lipinski definition) is 0. The van der Waals surface area contributed by atoms with Crippen molar-refractivity contribution in [3.05, 3.63) is 51.6 Å². The Morgan fingerprint density at radius 1 is 1.09 bits per heavy atom. The van der Waals surface area contributed by atoms with E-state index in [0.717, 1.165) is 15.1 Å². The fourth-order valence-electron chi connectivity index (χ4n) is 2.10. The molecule has 3 rings (SSSR count). The van der Waals surface area contributed by atoms with Gasteiger partial charge < -0.3 is 0 Å². The first-order valence-corrected chi connectivity index (χ1v) is 9.21. The lowest BCUT2D eigenvalue weighted by Crippen LogP contribution is -2.68. The number of rotatable bonds is 1. The van der Waals surface area contributed by atoms with Crippen LogP contribution in [0.25, 0.3) is 16.2 Å². The molecule has 3 aromatic rings. The van der Waals surface area contributed by atoms with Crippen LogP contribution in [0.1, 0.15) is 11.4 Å². The summed E-state index contributed by atoms with van der Waals surface area (Å²) in [5.74, 6) is 0. The number of aryl methyl sites for hydroxylation is 2. The number of halogens is 2. The first-order chi connectivity index (χ1) is 10.6. The average molecular weight is 420 g/mol. The minimum Gasteiger partial charge on any atom is -0.222 e. The van der Waals surface area contributed by atoms with E-state index in [0.29, 0.717) is 0 Å². The van der Waals surface area contributed by atoms with Gasteiger partial charge in [-0.3, -0.25) is 0 Å². The highest BCUT2D eigenvalue weighted by Gasteiger charge is 2.17. The fraction of sp³-hybridized carbons (Fsp3) is 0.143. The topological polar surface area (TPSA) is 109 Å². The van der Waals surface area contributed by atoms with Gasteiger partial charge in [0, 0.05) is 28.4 Å². The molecule has 0 saturated carbocycles. The summed E-state index contributed by atoms with van der Waals surface area (Å²) in [6, 6.07) is 10.5. The molecule has 0 bridgehead atoms. The molecular formula is C14H12BrClN2O4S. The third-order valence-corrected chi connectivity index (χ3v) is 4.25. The Hall–Kier alpha value is -1.13. The van der Waals surface area contributed by atoms with Gasteiger partial charge in [-0.25, -0.2) is 18.6 Å². The van der Waals surface area contributed by atoms with Gasteiger partial charge in [-0.1, -0.05) is 15.9 Å². The van der Waals surface area contributed by atoms with Crippen LogP contribution >= 0.6 is 27.3 Å². The van der Waals surface area contributed by atoms with Crippen LogP contribution in [-0.4, -0.2) is 4.98 Å². The van der Waals surface area contributed by atoms with Gasteiger partial charge in [0.15, 0.2) is 11.4 Å². The molecule has 0 saturated heterocycles. The molecule has 6 nitrogen and oxygen atoms in total. The Morgan fingerprint density at radius 3 is 2.22 bits per heavy atom. The zero-order valence-corrected chi connectivity index (χ0v) is 15.3. The van der Waals surface area contributed by atoms with E-state index in [1.54, 1.807) is 11.3 Å². The van der Waals surface area contributed by atoms with Crippen molar-refractivity contribution in [1.29, 1.82) is 0 Å². The van der Waals surface area contributed by atoms with E-state index in [9.17, 15) is 0 Å². The molecule has 0 aliphatic rings. The number of thiazole rings is 1. The summed E-state index contributed by atoms with van der Waals surface area (Å²) in [5.41, 5.74) is 4.70. The lowest BCUT2D eigenvalue weighted by atomic mass is 10.2. The van der Waals surface area contributed by atoms with Gasteiger partial charge in [-0.05, 0) is 47.5 Å². The highest BCUT2D eigenvalue weighted by Crippen LogP contribution is 2.22. The monoisotopic (exact) mass is 418 g/mol. The van der Waals surface area contributed by atoms with Crippen molar-refractivity contribution in [1.82, 2.24) is 4.98 Å². The molecule has 2 heterocycles. The van der Waals surface area contributed by atoms with E-state index in [-0.39, 0.29) is 0 Å². The molecule has 2 aromatic heterocycles. The standard InChI is InChI=1S/C14H12BrN2S.ClHO4/c1-9-7-10(2)17-13(8-18-14(17)16-9)11-3-5-12(15)6-4-11;2-1(3,4)5/h3-8H,1-2H3;(H,2,3,4,5)/q+1;/p-1. The van der Waals surface area contributed by atoms with Gasteiger partial charge in [0.25, 0.3) is 0 Å². The predicted molar refractivity (Wildman–Crippen MR) is 77.9 cm³/mol. The van der Waals surface area contributed by atoms with Gasteiger partial charge in [0.1, 0.15) is 5.69 Å². The summed E-state index contributed by atoms with van der Waals surface area (Å²) < 4.78 is 37.3. The molecule has 0 radical (unpaired) electrons. The van der Waals surface area contributed by atoms with Gasteiger partial charge in [0.2, 0.25) is 0 Å². The Morgan fingerprint density at radius 2 is 1.65 bits per heavy atom. The highest BCUT2D eigenvalue weighted by molar-refractivity contribution is 9.10. The van der Waals surface area contributed by atoms with Crippen LogP contribution in [0.15, 0.2) is 40.2 Å². The second-order valence-corrected chi connectivity index (χ2v) is 7.17. The van der Waals surface area contributed by atoms with Crippen molar-refractivity contribution in [3.8, 4) is 11.3 Å². The number of hydrogen-bond acceptors (Lipinski definition) is 6. The number of nitrogens with zero attached hydrogens (tertiary/aromatic N) is 2. The maximum absolute atomic E-state index is 8.49. The zero-order chi connectivity index (χ0) is 17.2. The first kappa shape index (κ1) is 18.2. The van der Waals surface area contributed by atoms with Crippen molar-refractivity contribution in [2.24, 2.45) is 0 Å². The molecule has 122 valence electrons. The SMILES string of the molecule is Cc1cc(C)[n+]2c(-c3ccc(Br)cc3)csc2n1.[O-][Cl+3]([O-])([O-])[O-]. The summed E-state index contributed by atoms with van der Waals surface area (Å²) in [5, 5.41) is 2.16. The predicted octanol–water partition coefficient (Wildman–Crippen LogP) is -0.828. The lowest BCUT2D eigenvalue weighted by Gasteiger charge is -2.17. The lowest BCUT2D eigenvalue weighted by molar-refractivity contribution is -2.00. The van der Waals surface area contributed by atoms with Crippen LogP contribution in [-0.2, 0) is 0 Å². The number of fused-ring (bicyclic) bond motifs is 1. The van der Waals surface area contributed by atoms with E-state index < -0.39 is 10.2 Å². The molecule has 0 unspecified atom stereocenters. The Bertz CT molecular complexity index is 812. The van der Waals surface area contributed by atoms with E-state index >= 15 is 0 Å². The number of benzene rings is 1. The smallest absolute Gasteiger partial charge is 0.222 e. The van der Waals surface area contributed by atoms with E-state index in [1.807, 2.05) is 6.92 Å². The largest absolute Gasteiger partial charge is 0.387 e. The summed E-state index contributed by atoms with van der Waals surface area (Å²) in [6.07, 6.45) is 0. The summed E-state index contributed by atoms with van der Waals surface area (Å²) >= 11 is 5.15. The van der Waals surface area contributed by atoms with Gasteiger partial charge in [0.05, 0.1) is 0 Å². The van der Waals surface area contributed by atoms with Crippen LogP contribution in [0, 0.1) is 24.1 Å². The molecular weight excluding hydrogens is 408 g/mol. The van der Waals surface area contributed by atoms with Crippen LogP contribution in [0.2, 0.25) is 0 Å². The Kier molecular flexibility index (Phi) is 5.69. The van der Waals surface area contributed by atoms with Crippen molar-refractivity contribution >= 4 is 32.2 Å².